The van der Waals surface area contributed by atoms with Crippen molar-refractivity contribution in [3.05, 3.63) is 34.2 Å². The SMILES string of the molecule is CC(C)(C)OC(=O)c1cc(N)cc(N=[N+]=[N-])c1. The third-order valence-corrected chi connectivity index (χ3v) is 1.73. The zero-order valence-corrected chi connectivity index (χ0v) is 9.97. The van der Waals surface area contributed by atoms with Crippen molar-refractivity contribution in [3.8, 4) is 0 Å². The second kappa shape index (κ2) is 4.76. The number of hydrogen-bond acceptors (Lipinski definition) is 4. The maximum Gasteiger partial charge on any atom is 0.338 e. The van der Waals surface area contributed by atoms with E-state index in [2.05, 4.69) is 10.0 Å². The van der Waals surface area contributed by atoms with Crippen molar-refractivity contribution >= 4 is 17.3 Å². The van der Waals surface area contributed by atoms with Gasteiger partial charge in [-0.1, -0.05) is 5.11 Å². The molecule has 17 heavy (non-hydrogen) atoms. The quantitative estimate of drug-likeness (QED) is 0.279. The van der Waals surface area contributed by atoms with Crippen molar-refractivity contribution in [3.63, 3.8) is 0 Å². The molecule has 0 amide bonds. The van der Waals surface area contributed by atoms with Crippen molar-refractivity contribution in [2.24, 2.45) is 5.11 Å². The Morgan fingerprint density at radius 2 is 2.06 bits per heavy atom. The van der Waals surface area contributed by atoms with Gasteiger partial charge >= 0.3 is 5.97 Å². The lowest BCUT2D eigenvalue weighted by Gasteiger charge is -2.19. The highest BCUT2D eigenvalue weighted by Crippen LogP contribution is 2.21. The van der Waals surface area contributed by atoms with Crippen molar-refractivity contribution in [1.29, 1.82) is 0 Å². The summed E-state index contributed by atoms with van der Waals surface area (Å²) < 4.78 is 5.18. The predicted octanol–water partition coefficient (Wildman–Crippen LogP) is 3.17. The van der Waals surface area contributed by atoms with Crippen LogP contribution in [0.2, 0.25) is 0 Å². The first-order valence-corrected chi connectivity index (χ1v) is 5.01. The fourth-order valence-corrected chi connectivity index (χ4v) is 1.20. The van der Waals surface area contributed by atoms with Gasteiger partial charge in [0, 0.05) is 16.3 Å². The van der Waals surface area contributed by atoms with Crippen LogP contribution in [0.3, 0.4) is 0 Å². The number of esters is 1. The zero-order valence-electron chi connectivity index (χ0n) is 9.97. The molecule has 0 saturated carbocycles. The highest BCUT2D eigenvalue weighted by Gasteiger charge is 2.18. The molecule has 0 bridgehead atoms. The van der Waals surface area contributed by atoms with Crippen LogP contribution >= 0.6 is 0 Å². The number of ether oxygens (including phenoxy) is 1. The predicted molar refractivity (Wildman–Crippen MR) is 64.8 cm³/mol. The summed E-state index contributed by atoms with van der Waals surface area (Å²) in [5.41, 5.74) is 14.2. The molecule has 2 N–H and O–H groups in total. The lowest BCUT2D eigenvalue weighted by Crippen LogP contribution is -2.23. The Morgan fingerprint density at radius 3 is 2.59 bits per heavy atom. The lowest BCUT2D eigenvalue weighted by atomic mass is 10.1. The molecule has 0 spiro atoms. The average Bonchev–Trinajstić information content (AvgIpc) is 2.14. The second-order valence-corrected chi connectivity index (χ2v) is 4.50. The number of carbonyl (C=O) groups excluding carboxylic acids is 1. The molecule has 0 aliphatic heterocycles. The van der Waals surface area contributed by atoms with Gasteiger partial charge in [0.15, 0.2) is 0 Å². The summed E-state index contributed by atoms with van der Waals surface area (Å²) in [4.78, 5) is 14.4. The Bertz CT molecular complexity index is 485. The van der Waals surface area contributed by atoms with E-state index < -0.39 is 11.6 Å². The lowest BCUT2D eigenvalue weighted by molar-refractivity contribution is 0.00696. The molecule has 1 aromatic rings. The molecule has 0 radical (unpaired) electrons. The number of hydrogen-bond donors (Lipinski definition) is 1. The zero-order chi connectivity index (χ0) is 13.1. The molecular weight excluding hydrogens is 220 g/mol. The van der Waals surface area contributed by atoms with E-state index in [1.54, 1.807) is 20.8 Å². The van der Waals surface area contributed by atoms with E-state index in [0.29, 0.717) is 5.69 Å². The van der Waals surface area contributed by atoms with Gasteiger partial charge in [0.2, 0.25) is 0 Å². The Morgan fingerprint density at radius 1 is 1.41 bits per heavy atom. The van der Waals surface area contributed by atoms with Crippen LogP contribution < -0.4 is 5.73 Å². The Labute approximate surface area is 99.0 Å². The topological polar surface area (TPSA) is 101 Å². The van der Waals surface area contributed by atoms with Gasteiger partial charge < -0.3 is 10.5 Å². The van der Waals surface area contributed by atoms with Crippen molar-refractivity contribution in [1.82, 2.24) is 0 Å². The van der Waals surface area contributed by atoms with E-state index in [-0.39, 0.29) is 11.3 Å². The monoisotopic (exact) mass is 234 g/mol. The van der Waals surface area contributed by atoms with Crippen LogP contribution in [0, 0.1) is 0 Å². The average molecular weight is 234 g/mol. The smallest absolute Gasteiger partial charge is 0.338 e. The summed E-state index contributed by atoms with van der Waals surface area (Å²) in [6, 6.07) is 4.39. The molecule has 0 fully saturated rings. The van der Waals surface area contributed by atoms with Crippen molar-refractivity contribution < 1.29 is 9.53 Å². The first-order chi connectivity index (χ1) is 7.81. The van der Waals surface area contributed by atoms with E-state index in [0.717, 1.165) is 0 Å². The van der Waals surface area contributed by atoms with Gasteiger partial charge in [0.05, 0.1) is 5.56 Å². The fraction of sp³-hybridized carbons (Fsp3) is 0.364. The Kier molecular flexibility index (Phi) is 3.60. The van der Waals surface area contributed by atoms with Crippen LogP contribution in [0.1, 0.15) is 31.1 Å². The number of benzene rings is 1. The number of anilines is 1. The minimum Gasteiger partial charge on any atom is -0.456 e. The highest BCUT2D eigenvalue weighted by atomic mass is 16.6. The molecule has 0 heterocycles. The molecule has 0 unspecified atom stereocenters. The summed E-state index contributed by atoms with van der Waals surface area (Å²) in [7, 11) is 0. The summed E-state index contributed by atoms with van der Waals surface area (Å²) in [5.74, 6) is -0.501. The van der Waals surface area contributed by atoms with Gasteiger partial charge in [-0.3, -0.25) is 0 Å². The van der Waals surface area contributed by atoms with Crippen molar-refractivity contribution in [2.75, 3.05) is 5.73 Å². The standard InChI is InChI=1S/C11H14N4O2/c1-11(2,3)17-10(16)7-4-8(12)6-9(5-7)14-15-13/h4-6H,12H2,1-3H3. The third kappa shape index (κ3) is 4.04. The summed E-state index contributed by atoms with van der Waals surface area (Å²) in [6.07, 6.45) is 0. The van der Waals surface area contributed by atoms with Crippen LogP contribution in [0.15, 0.2) is 23.3 Å². The highest BCUT2D eigenvalue weighted by molar-refractivity contribution is 5.91. The van der Waals surface area contributed by atoms with Gasteiger partial charge in [-0.25, -0.2) is 4.79 Å². The number of rotatable bonds is 2. The number of nitrogens with two attached hydrogens (primary N) is 1. The fourth-order valence-electron chi connectivity index (χ4n) is 1.20. The van der Waals surface area contributed by atoms with Crippen LogP contribution in [0.4, 0.5) is 11.4 Å². The molecule has 0 aliphatic carbocycles. The van der Waals surface area contributed by atoms with Gasteiger partial charge in [0.25, 0.3) is 0 Å². The first kappa shape index (κ1) is 12.9. The molecule has 6 nitrogen and oxygen atoms in total. The van der Waals surface area contributed by atoms with E-state index in [1.165, 1.54) is 18.2 Å². The summed E-state index contributed by atoms with van der Waals surface area (Å²) in [6.45, 7) is 5.31. The minimum absolute atomic E-state index is 0.266. The molecule has 1 aromatic carbocycles. The van der Waals surface area contributed by atoms with Gasteiger partial charge in [-0.05, 0) is 44.5 Å². The number of nitrogen functional groups attached to an aromatic ring is 1. The summed E-state index contributed by atoms with van der Waals surface area (Å²) in [5, 5.41) is 3.40. The molecule has 1 rings (SSSR count). The van der Waals surface area contributed by atoms with Crippen molar-refractivity contribution in [2.45, 2.75) is 26.4 Å². The maximum absolute atomic E-state index is 11.8. The summed E-state index contributed by atoms with van der Waals surface area (Å²) >= 11 is 0. The van der Waals surface area contributed by atoms with Gasteiger partial charge in [-0.15, -0.1) is 0 Å². The van der Waals surface area contributed by atoms with E-state index >= 15 is 0 Å². The molecule has 0 aromatic heterocycles. The number of azide groups is 1. The van der Waals surface area contributed by atoms with E-state index in [4.69, 9.17) is 16.0 Å². The third-order valence-electron chi connectivity index (χ3n) is 1.73. The maximum atomic E-state index is 11.8. The molecule has 90 valence electrons. The molecular formula is C11H14N4O2. The van der Waals surface area contributed by atoms with Gasteiger partial charge in [0.1, 0.15) is 5.60 Å². The molecule has 0 aliphatic rings. The molecule has 6 heteroatoms. The Hall–Kier alpha value is -2.20. The molecule has 0 saturated heterocycles. The van der Waals surface area contributed by atoms with Crippen LogP contribution in [-0.4, -0.2) is 11.6 Å². The largest absolute Gasteiger partial charge is 0.456 e. The minimum atomic E-state index is -0.583. The van der Waals surface area contributed by atoms with E-state index in [9.17, 15) is 4.79 Å². The second-order valence-electron chi connectivity index (χ2n) is 4.50. The Balaban J connectivity index is 3.05. The van der Waals surface area contributed by atoms with E-state index in [1.807, 2.05) is 0 Å². The van der Waals surface area contributed by atoms with Crippen LogP contribution in [-0.2, 0) is 4.74 Å². The van der Waals surface area contributed by atoms with Crippen LogP contribution in [0.25, 0.3) is 10.4 Å². The number of carbonyl (C=O) groups is 1. The molecule has 0 atom stereocenters. The first-order valence-electron chi connectivity index (χ1n) is 5.01. The normalized spacial score (nSPS) is 10.5. The van der Waals surface area contributed by atoms with Gasteiger partial charge in [-0.2, -0.15) is 0 Å². The van der Waals surface area contributed by atoms with Crippen LogP contribution in [0.5, 0.6) is 0 Å². The number of nitrogens with zero attached hydrogens (tertiary/aromatic N) is 3.